The summed E-state index contributed by atoms with van der Waals surface area (Å²) in [6, 6.07) is 11.5. The molecule has 94 valence electrons. The van der Waals surface area contributed by atoms with Crippen molar-refractivity contribution in [2.24, 2.45) is 0 Å². The van der Waals surface area contributed by atoms with Crippen LogP contribution in [-0.2, 0) is 0 Å². The first-order chi connectivity index (χ1) is 9.24. The lowest BCUT2D eigenvalue weighted by atomic mass is 10.2. The van der Waals surface area contributed by atoms with E-state index >= 15 is 0 Å². The summed E-state index contributed by atoms with van der Waals surface area (Å²) in [5, 5.41) is 3.96. The van der Waals surface area contributed by atoms with Gasteiger partial charge in [-0.2, -0.15) is 4.98 Å². The molecule has 0 spiro atoms. The van der Waals surface area contributed by atoms with E-state index in [1.807, 2.05) is 43.3 Å². The summed E-state index contributed by atoms with van der Waals surface area (Å²) in [4.78, 5) is 8.44. The third kappa shape index (κ3) is 2.18. The Morgan fingerprint density at radius 3 is 2.74 bits per heavy atom. The minimum Gasteiger partial charge on any atom is -0.383 e. The van der Waals surface area contributed by atoms with Crippen molar-refractivity contribution in [3.05, 3.63) is 48.2 Å². The quantitative estimate of drug-likeness (QED) is 0.758. The second-order valence-electron chi connectivity index (χ2n) is 4.23. The van der Waals surface area contributed by atoms with Crippen LogP contribution in [0.3, 0.4) is 0 Å². The van der Waals surface area contributed by atoms with Crippen LogP contribution in [0.1, 0.15) is 5.56 Å². The molecule has 2 aromatic heterocycles. The van der Waals surface area contributed by atoms with Crippen LogP contribution in [0.5, 0.6) is 0 Å². The van der Waals surface area contributed by atoms with Gasteiger partial charge >= 0.3 is 0 Å². The van der Waals surface area contributed by atoms with Crippen LogP contribution in [0, 0.1) is 6.92 Å². The molecule has 0 saturated heterocycles. The van der Waals surface area contributed by atoms with Gasteiger partial charge in [0.1, 0.15) is 5.82 Å². The second-order valence-corrected chi connectivity index (χ2v) is 4.23. The second kappa shape index (κ2) is 4.53. The van der Waals surface area contributed by atoms with E-state index in [2.05, 4.69) is 15.1 Å². The van der Waals surface area contributed by atoms with Gasteiger partial charge in [0.15, 0.2) is 0 Å². The molecule has 0 aliphatic heterocycles. The molecule has 0 amide bonds. The van der Waals surface area contributed by atoms with Crippen LogP contribution >= 0.6 is 0 Å². The Balaban J connectivity index is 2.04. The Morgan fingerprint density at radius 2 is 1.95 bits per heavy atom. The minimum absolute atomic E-state index is 0.382. The number of nitrogen functional groups attached to an aromatic ring is 1. The topological polar surface area (TPSA) is 77.8 Å². The number of rotatable bonds is 2. The molecule has 3 rings (SSSR count). The van der Waals surface area contributed by atoms with Gasteiger partial charge < -0.3 is 10.3 Å². The van der Waals surface area contributed by atoms with Gasteiger partial charge in [-0.15, -0.1) is 0 Å². The zero-order valence-electron chi connectivity index (χ0n) is 10.4. The number of pyridine rings is 1. The standard InChI is InChI=1S/C14H12N4O/c1-9-7-11(12(15)16-8-9)14-17-13(18-19-14)10-5-3-2-4-6-10/h2-8H,1H3,(H2,15,16). The largest absolute Gasteiger partial charge is 0.383 e. The first-order valence-electron chi connectivity index (χ1n) is 5.85. The van der Waals surface area contributed by atoms with Gasteiger partial charge in [-0.25, -0.2) is 4.98 Å². The van der Waals surface area contributed by atoms with Gasteiger partial charge in [-0.1, -0.05) is 35.5 Å². The van der Waals surface area contributed by atoms with Crippen LogP contribution in [0.2, 0.25) is 0 Å². The number of nitrogens with zero attached hydrogens (tertiary/aromatic N) is 3. The Labute approximate surface area is 110 Å². The predicted molar refractivity (Wildman–Crippen MR) is 72.1 cm³/mol. The molecule has 2 heterocycles. The molecule has 0 atom stereocenters. The number of hydrogen-bond acceptors (Lipinski definition) is 5. The lowest BCUT2D eigenvalue weighted by molar-refractivity contribution is 0.432. The molecule has 0 fully saturated rings. The number of nitrogens with two attached hydrogens (primary N) is 1. The van der Waals surface area contributed by atoms with Crippen molar-refractivity contribution in [2.75, 3.05) is 5.73 Å². The Kier molecular flexibility index (Phi) is 2.72. The molecule has 0 saturated carbocycles. The van der Waals surface area contributed by atoms with Crippen LogP contribution in [0.15, 0.2) is 47.1 Å². The van der Waals surface area contributed by atoms with E-state index in [1.165, 1.54) is 0 Å². The van der Waals surface area contributed by atoms with Crippen molar-refractivity contribution in [1.82, 2.24) is 15.1 Å². The predicted octanol–water partition coefficient (Wildman–Crippen LogP) is 2.69. The van der Waals surface area contributed by atoms with Crippen molar-refractivity contribution < 1.29 is 4.52 Å². The van der Waals surface area contributed by atoms with E-state index < -0.39 is 0 Å². The normalized spacial score (nSPS) is 10.6. The van der Waals surface area contributed by atoms with Crippen molar-refractivity contribution in [3.63, 3.8) is 0 Å². The monoisotopic (exact) mass is 252 g/mol. The maximum atomic E-state index is 5.83. The molecule has 0 unspecified atom stereocenters. The number of aryl methyl sites for hydroxylation is 1. The first-order valence-corrected chi connectivity index (χ1v) is 5.85. The number of hydrogen-bond donors (Lipinski definition) is 1. The fourth-order valence-electron chi connectivity index (χ4n) is 1.79. The van der Waals surface area contributed by atoms with E-state index in [0.29, 0.717) is 23.1 Å². The summed E-state index contributed by atoms with van der Waals surface area (Å²) in [5.74, 6) is 1.30. The number of anilines is 1. The highest BCUT2D eigenvalue weighted by molar-refractivity contribution is 5.69. The van der Waals surface area contributed by atoms with Gasteiger partial charge in [0.2, 0.25) is 5.82 Å². The summed E-state index contributed by atoms with van der Waals surface area (Å²) in [5.41, 5.74) is 8.38. The Morgan fingerprint density at radius 1 is 1.16 bits per heavy atom. The molecule has 0 aliphatic carbocycles. The molecule has 0 aliphatic rings. The molecule has 2 N–H and O–H groups in total. The van der Waals surface area contributed by atoms with E-state index in [1.54, 1.807) is 6.20 Å². The zero-order chi connectivity index (χ0) is 13.2. The molecular weight excluding hydrogens is 240 g/mol. The molecule has 19 heavy (non-hydrogen) atoms. The average Bonchev–Trinajstić information content (AvgIpc) is 2.92. The zero-order valence-corrected chi connectivity index (χ0v) is 10.4. The van der Waals surface area contributed by atoms with Gasteiger partial charge in [-0.3, -0.25) is 0 Å². The molecule has 5 heteroatoms. The van der Waals surface area contributed by atoms with E-state index in [9.17, 15) is 0 Å². The van der Waals surface area contributed by atoms with Crippen molar-refractivity contribution in [2.45, 2.75) is 6.92 Å². The highest BCUT2D eigenvalue weighted by Gasteiger charge is 2.13. The fourth-order valence-corrected chi connectivity index (χ4v) is 1.79. The number of aromatic nitrogens is 3. The summed E-state index contributed by atoms with van der Waals surface area (Å²) >= 11 is 0. The van der Waals surface area contributed by atoms with Crippen molar-refractivity contribution in [1.29, 1.82) is 0 Å². The molecule has 5 nitrogen and oxygen atoms in total. The van der Waals surface area contributed by atoms with Crippen LogP contribution in [-0.4, -0.2) is 15.1 Å². The molecule has 0 bridgehead atoms. The first kappa shape index (κ1) is 11.4. The Hall–Kier alpha value is -2.69. The van der Waals surface area contributed by atoms with Crippen molar-refractivity contribution in [3.8, 4) is 22.8 Å². The molecule has 1 aromatic carbocycles. The lowest BCUT2D eigenvalue weighted by Gasteiger charge is -2.00. The van der Waals surface area contributed by atoms with E-state index in [-0.39, 0.29) is 0 Å². The van der Waals surface area contributed by atoms with E-state index in [0.717, 1.165) is 11.1 Å². The highest BCUT2D eigenvalue weighted by atomic mass is 16.5. The molecule has 0 radical (unpaired) electrons. The summed E-state index contributed by atoms with van der Waals surface area (Å²) in [6.45, 7) is 1.93. The summed E-state index contributed by atoms with van der Waals surface area (Å²) < 4.78 is 5.26. The summed E-state index contributed by atoms with van der Waals surface area (Å²) in [7, 11) is 0. The average molecular weight is 252 g/mol. The summed E-state index contributed by atoms with van der Waals surface area (Å²) in [6.07, 6.45) is 1.70. The molecule has 3 aromatic rings. The maximum Gasteiger partial charge on any atom is 0.261 e. The smallest absolute Gasteiger partial charge is 0.261 e. The highest BCUT2D eigenvalue weighted by Crippen LogP contribution is 2.25. The Bertz CT molecular complexity index is 706. The van der Waals surface area contributed by atoms with Gasteiger partial charge in [0, 0.05) is 11.8 Å². The van der Waals surface area contributed by atoms with Gasteiger partial charge in [0.25, 0.3) is 5.89 Å². The lowest BCUT2D eigenvalue weighted by Crippen LogP contribution is -1.94. The van der Waals surface area contributed by atoms with Crippen molar-refractivity contribution >= 4 is 5.82 Å². The number of benzene rings is 1. The van der Waals surface area contributed by atoms with Crippen LogP contribution in [0.4, 0.5) is 5.82 Å². The minimum atomic E-state index is 0.382. The van der Waals surface area contributed by atoms with Gasteiger partial charge in [0.05, 0.1) is 5.56 Å². The SMILES string of the molecule is Cc1cnc(N)c(-c2nc(-c3ccccc3)no2)c1. The van der Waals surface area contributed by atoms with Crippen LogP contribution < -0.4 is 5.73 Å². The maximum absolute atomic E-state index is 5.83. The van der Waals surface area contributed by atoms with Gasteiger partial charge in [-0.05, 0) is 18.6 Å². The van der Waals surface area contributed by atoms with E-state index in [4.69, 9.17) is 10.3 Å². The fraction of sp³-hybridized carbons (Fsp3) is 0.0714. The van der Waals surface area contributed by atoms with Crippen LogP contribution in [0.25, 0.3) is 22.8 Å². The molecular formula is C14H12N4O. The third-order valence-electron chi connectivity index (χ3n) is 2.74. The third-order valence-corrected chi connectivity index (χ3v) is 2.74.